The zero-order valence-corrected chi connectivity index (χ0v) is 17.1. The van der Waals surface area contributed by atoms with E-state index in [-0.39, 0.29) is 17.9 Å². The van der Waals surface area contributed by atoms with Crippen LogP contribution in [0.3, 0.4) is 0 Å². The highest BCUT2D eigenvalue weighted by Crippen LogP contribution is 2.31. The number of rotatable bonds is 8. The third-order valence-corrected chi connectivity index (χ3v) is 5.08. The van der Waals surface area contributed by atoms with E-state index >= 15 is 0 Å². The van der Waals surface area contributed by atoms with Crippen LogP contribution in [0.4, 0.5) is 0 Å². The van der Waals surface area contributed by atoms with Gasteiger partial charge in [0.25, 0.3) is 0 Å². The summed E-state index contributed by atoms with van der Waals surface area (Å²) in [5.74, 6) is 1.33. The molecule has 0 saturated heterocycles. The summed E-state index contributed by atoms with van der Waals surface area (Å²) in [5, 5.41) is 3.12. The van der Waals surface area contributed by atoms with Crippen molar-refractivity contribution in [3.05, 3.63) is 95.6 Å². The van der Waals surface area contributed by atoms with Crippen molar-refractivity contribution >= 4 is 5.91 Å². The maximum absolute atomic E-state index is 12.9. The first-order chi connectivity index (χ1) is 14.1. The third kappa shape index (κ3) is 5.17. The maximum Gasteiger partial charge on any atom is 0.221 e. The summed E-state index contributed by atoms with van der Waals surface area (Å²) in [4.78, 5) is 12.9. The maximum atomic E-state index is 12.9. The minimum absolute atomic E-state index is 0.00462. The largest absolute Gasteiger partial charge is 0.493 e. The van der Waals surface area contributed by atoms with E-state index in [0.717, 1.165) is 16.7 Å². The third-order valence-electron chi connectivity index (χ3n) is 5.08. The number of benzene rings is 3. The molecule has 1 amide bonds. The zero-order chi connectivity index (χ0) is 20.6. The first kappa shape index (κ1) is 20.5. The lowest BCUT2D eigenvalue weighted by atomic mass is 9.88. The molecule has 3 rings (SSSR count). The van der Waals surface area contributed by atoms with Crippen LogP contribution in [0.15, 0.2) is 78.9 Å². The molecule has 0 radical (unpaired) electrons. The van der Waals surface area contributed by atoms with E-state index in [1.807, 2.05) is 61.5 Å². The van der Waals surface area contributed by atoms with Gasteiger partial charge in [-0.15, -0.1) is 0 Å². The fourth-order valence-electron chi connectivity index (χ4n) is 3.49. The Morgan fingerprint density at radius 1 is 0.793 bits per heavy atom. The van der Waals surface area contributed by atoms with Crippen molar-refractivity contribution in [3.8, 4) is 11.5 Å². The molecule has 3 aromatic rings. The summed E-state index contributed by atoms with van der Waals surface area (Å²) >= 11 is 0. The van der Waals surface area contributed by atoms with Gasteiger partial charge >= 0.3 is 0 Å². The number of amides is 1. The van der Waals surface area contributed by atoms with E-state index in [1.165, 1.54) is 0 Å². The number of carbonyl (C=O) groups is 1. The second-order valence-electron chi connectivity index (χ2n) is 6.98. The van der Waals surface area contributed by atoms with Crippen LogP contribution in [0.5, 0.6) is 11.5 Å². The topological polar surface area (TPSA) is 47.6 Å². The lowest BCUT2D eigenvalue weighted by Gasteiger charge is -2.21. The number of carbonyl (C=O) groups excluding carboxylic acids is 1. The molecule has 1 N–H and O–H groups in total. The molecule has 0 bridgehead atoms. The molecule has 0 fully saturated rings. The van der Waals surface area contributed by atoms with E-state index in [0.29, 0.717) is 17.9 Å². The molecule has 150 valence electrons. The number of nitrogens with one attached hydrogen (secondary N) is 1. The molecule has 0 saturated carbocycles. The molecule has 1 atom stereocenters. The van der Waals surface area contributed by atoms with Gasteiger partial charge in [0, 0.05) is 12.3 Å². The van der Waals surface area contributed by atoms with Crippen molar-refractivity contribution < 1.29 is 14.3 Å². The molecule has 0 aliphatic heterocycles. The van der Waals surface area contributed by atoms with Crippen LogP contribution < -0.4 is 14.8 Å². The molecule has 4 heteroatoms. The van der Waals surface area contributed by atoms with Crippen LogP contribution >= 0.6 is 0 Å². The van der Waals surface area contributed by atoms with Crippen molar-refractivity contribution in [2.75, 3.05) is 14.2 Å². The van der Waals surface area contributed by atoms with Gasteiger partial charge in [0.05, 0.1) is 20.3 Å². The highest BCUT2D eigenvalue weighted by Gasteiger charge is 2.20. The summed E-state index contributed by atoms with van der Waals surface area (Å²) in [5.41, 5.74) is 3.23. The van der Waals surface area contributed by atoms with Gasteiger partial charge in [-0.3, -0.25) is 4.79 Å². The van der Waals surface area contributed by atoms with E-state index in [9.17, 15) is 4.79 Å². The van der Waals surface area contributed by atoms with E-state index in [1.54, 1.807) is 14.2 Å². The Kier molecular flexibility index (Phi) is 6.90. The van der Waals surface area contributed by atoms with Crippen molar-refractivity contribution in [2.45, 2.75) is 25.3 Å². The van der Waals surface area contributed by atoms with Crippen LogP contribution in [0.2, 0.25) is 0 Å². The molecule has 29 heavy (non-hydrogen) atoms. The normalized spacial score (nSPS) is 11.7. The minimum Gasteiger partial charge on any atom is -0.493 e. The first-order valence-electron chi connectivity index (χ1n) is 9.73. The predicted molar refractivity (Wildman–Crippen MR) is 115 cm³/mol. The van der Waals surface area contributed by atoms with Gasteiger partial charge in [-0.2, -0.15) is 0 Å². The summed E-state index contributed by atoms with van der Waals surface area (Å²) in [6.07, 6.45) is 0.381. The summed E-state index contributed by atoms with van der Waals surface area (Å²) < 4.78 is 10.7. The van der Waals surface area contributed by atoms with E-state index in [2.05, 4.69) is 29.6 Å². The van der Waals surface area contributed by atoms with Crippen LogP contribution in [-0.4, -0.2) is 20.1 Å². The monoisotopic (exact) mass is 389 g/mol. The van der Waals surface area contributed by atoms with Gasteiger partial charge in [-0.1, -0.05) is 66.7 Å². The molecule has 0 aliphatic rings. The molecule has 0 heterocycles. The average Bonchev–Trinajstić information content (AvgIpc) is 2.78. The standard InChI is InChI=1S/C25H27NO3/c1-18(21-14-15-23(28-2)24(16-21)29-3)26-25(27)17-22(19-10-6-4-7-11-19)20-12-8-5-9-13-20/h4-16,18,22H,17H2,1-3H3,(H,26,27). The lowest BCUT2D eigenvalue weighted by Crippen LogP contribution is -2.28. The van der Waals surface area contributed by atoms with E-state index in [4.69, 9.17) is 9.47 Å². The van der Waals surface area contributed by atoms with Crippen molar-refractivity contribution in [1.29, 1.82) is 0 Å². The quantitative estimate of drug-likeness (QED) is 0.583. The molecule has 0 aromatic heterocycles. The Morgan fingerprint density at radius 2 is 1.34 bits per heavy atom. The predicted octanol–water partition coefficient (Wildman–Crippen LogP) is 5.10. The van der Waals surface area contributed by atoms with Crippen molar-refractivity contribution in [2.24, 2.45) is 0 Å². The number of ether oxygens (including phenoxy) is 2. The van der Waals surface area contributed by atoms with Crippen LogP contribution in [0.1, 0.15) is 42.0 Å². The highest BCUT2D eigenvalue weighted by atomic mass is 16.5. The Hall–Kier alpha value is -3.27. The molecular weight excluding hydrogens is 362 g/mol. The van der Waals surface area contributed by atoms with Crippen LogP contribution in [0.25, 0.3) is 0 Å². The number of hydrogen-bond donors (Lipinski definition) is 1. The average molecular weight is 389 g/mol. The molecule has 4 nitrogen and oxygen atoms in total. The van der Waals surface area contributed by atoms with Gasteiger partial charge in [-0.05, 0) is 35.7 Å². The fourth-order valence-corrected chi connectivity index (χ4v) is 3.49. The Bertz CT molecular complexity index is 886. The highest BCUT2D eigenvalue weighted by molar-refractivity contribution is 5.78. The zero-order valence-electron chi connectivity index (χ0n) is 17.1. The summed E-state index contributed by atoms with van der Waals surface area (Å²) in [6.45, 7) is 1.97. The van der Waals surface area contributed by atoms with Gasteiger partial charge in [-0.25, -0.2) is 0 Å². The molecule has 0 spiro atoms. The SMILES string of the molecule is COc1ccc(C(C)NC(=O)CC(c2ccccc2)c2ccccc2)cc1OC. The van der Waals surface area contributed by atoms with Gasteiger partial charge in [0.1, 0.15) is 0 Å². The van der Waals surface area contributed by atoms with E-state index < -0.39 is 0 Å². The fraction of sp³-hybridized carbons (Fsp3) is 0.240. The second kappa shape index (κ2) is 9.78. The van der Waals surface area contributed by atoms with Crippen molar-refractivity contribution in [1.82, 2.24) is 5.32 Å². The van der Waals surface area contributed by atoms with Gasteiger partial charge in [0.2, 0.25) is 5.91 Å². The van der Waals surface area contributed by atoms with Crippen molar-refractivity contribution in [3.63, 3.8) is 0 Å². The minimum atomic E-state index is -0.144. The Morgan fingerprint density at radius 3 is 1.86 bits per heavy atom. The number of hydrogen-bond acceptors (Lipinski definition) is 3. The molecular formula is C25H27NO3. The number of methoxy groups -OCH3 is 2. The molecule has 1 unspecified atom stereocenters. The molecule has 0 aliphatic carbocycles. The van der Waals surface area contributed by atoms with Gasteiger partial charge in [0.15, 0.2) is 11.5 Å². The smallest absolute Gasteiger partial charge is 0.221 e. The Balaban J connectivity index is 1.75. The lowest BCUT2D eigenvalue weighted by molar-refractivity contribution is -0.121. The van der Waals surface area contributed by atoms with Gasteiger partial charge < -0.3 is 14.8 Å². The first-order valence-corrected chi connectivity index (χ1v) is 9.73. The second-order valence-corrected chi connectivity index (χ2v) is 6.98. The van der Waals surface area contributed by atoms with Crippen LogP contribution in [0, 0.1) is 0 Å². The summed E-state index contributed by atoms with van der Waals surface area (Å²) in [6, 6.07) is 25.9. The summed E-state index contributed by atoms with van der Waals surface area (Å²) in [7, 11) is 3.21. The Labute approximate surface area is 172 Å². The molecule has 3 aromatic carbocycles. The van der Waals surface area contributed by atoms with Crippen LogP contribution in [-0.2, 0) is 4.79 Å².